The van der Waals surface area contributed by atoms with Gasteiger partial charge in [0, 0.05) is 3.42 Å². The molecule has 0 aromatic heterocycles. The number of hydrogen-bond acceptors (Lipinski definition) is 1. The van der Waals surface area contributed by atoms with Crippen molar-refractivity contribution in [1.29, 1.82) is 0 Å². The molecule has 0 fully saturated rings. The maximum absolute atomic E-state index is 5.44. The zero-order valence-corrected chi connectivity index (χ0v) is 13.2. The molecule has 0 aliphatic rings. The molecule has 90 valence electrons. The molecular weight excluding hydrogens is 311 g/mol. The van der Waals surface area contributed by atoms with Crippen molar-refractivity contribution < 1.29 is 4.74 Å². The third-order valence-corrected chi connectivity index (χ3v) is 3.32. The summed E-state index contributed by atoms with van der Waals surface area (Å²) in [6, 6.07) is 6.50. The SMILES string of the molecule is COc1ccc(C(C)(C)I)cc1C(C)(C)C. The third-order valence-electron chi connectivity index (χ3n) is 2.69. The molecule has 0 unspecified atom stereocenters. The molecule has 1 rings (SSSR count). The van der Waals surface area contributed by atoms with Crippen LogP contribution in [0.4, 0.5) is 0 Å². The minimum absolute atomic E-state index is 0.114. The highest BCUT2D eigenvalue weighted by Crippen LogP contribution is 2.37. The number of hydrogen-bond donors (Lipinski definition) is 0. The van der Waals surface area contributed by atoms with Gasteiger partial charge in [0.1, 0.15) is 5.75 Å². The van der Waals surface area contributed by atoms with Crippen LogP contribution in [-0.4, -0.2) is 7.11 Å². The first kappa shape index (κ1) is 13.8. The maximum atomic E-state index is 5.44. The summed E-state index contributed by atoms with van der Waals surface area (Å²) >= 11 is 2.47. The minimum atomic E-state index is 0.114. The summed E-state index contributed by atoms with van der Waals surface area (Å²) in [4.78, 5) is 0. The zero-order valence-electron chi connectivity index (χ0n) is 11.0. The Morgan fingerprint density at radius 3 is 2.00 bits per heavy atom. The fourth-order valence-corrected chi connectivity index (χ4v) is 2.00. The normalized spacial score (nSPS) is 12.7. The van der Waals surface area contributed by atoms with Gasteiger partial charge in [0.15, 0.2) is 0 Å². The average Bonchev–Trinajstić information content (AvgIpc) is 2.14. The Hall–Kier alpha value is -0.250. The van der Waals surface area contributed by atoms with Crippen molar-refractivity contribution >= 4 is 22.6 Å². The van der Waals surface area contributed by atoms with Gasteiger partial charge in [-0.15, -0.1) is 0 Å². The highest BCUT2D eigenvalue weighted by Gasteiger charge is 2.23. The number of alkyl halides is 1. The van der Waals surface area contributed by atoms with E-state index < -0.39 is 0 Å². The van der Waals surface area contributed by atoms with E-state index in [9.17, 15) is 0 Å². The van der Waals surface area contributed by atoms with E-state index in [-0.39, 0.29) is 8.84 Å². The quantitative estimate of drug-likeness (QED) is 0.565. The lowest BCUT2D eigenvalue weighted by molar-refractivity contribution is 0.397. The third kappa shape index (κ3) is 3.12. The summed E-state index contributed by atoms with van der Waals surface area (Å²) in [6.07, 6.45) is 0. The summed E-state index contributed by atoms with van der Waals surface area (Å²) in [5.41, 5.74) is 2.74. The molecule has 1 aromatic rings. The van der Waals surface area contributed by atoms with Crippen molar-refractivity contribution in [2.45, 2.75) is 43.5 Å². The lowest BCUT2D eigenvalue weighted by Crippen LogP contribution is -2.15. The number of ether oxygens (including phenoxy) is 1. The van der Waals surface area contributed by atoms with Gasteiger partial charge in [-0.25, -0.2) is 0 Å². The van der Waals surface area contributed by atoms with Gasteiger partial charge in [0.2, 0.25) is 0 Å². The predicted octanol–water partition coefficient (Wildman–Crippen LogP) is 4.66. The second kappa shape index (κ2) is 4.55. The Kier molecular flexibility index (Phi) is 3.93. The van der Waals surface area contributed by atoms with Gasteiger partial charge < -0.3 is 4.74 Å². The van der Waals surface area contributed by atoms with Crippen LogP contribution in [0.1, 0.15) is 45.7 Å². The number of rotatable bonds is 2. The predicted molar refractivity (Wildman–Crippen MR) is 78.7 cm³/mol. The van der Waals surface area contributed by atoms with Crippen molar-refractivity contribution in [3.8, 4) is 5.75 Å². The molecule has 0 aliphatic carbocycles. The molecule has 0 amide bonds. The molecule has 0 spiro atoms. The van der Waals surface area contributed by atoms with Gasteiger partial charge in [0.05, 0.1) is 7.11 Å². The molecular formula is C14H21IO. The molecule has 0 atom stereocenters. The average molecular weight is 332 g/mol. The summed E-state index contributed by atoms with van der Waals surface area (Å²) in [7, 11) is 1.74. The topological polar surface area (TPSA) is 9.23 Å². The van der Waals surface area contributed by atoms with Crippen molar-refractivity contribution in [3.63, 3.8) is 0 Å². The van der Waals surface area contributed by atoms with Crippen LogP contribution in [0.2, 0.25) is 0 Å². The van der Waals surface area contributed by atoms with Gasteiger partial charge in [-0.05, 0) is 36.5 Å². The molecule has 2 heteroatoms. The Morgan fingerprint density at radius 2 is 1.62 bits per heavy atom. The maximum Gasteiger partial charge on any atom is 0.122 e. The van der Waals surface area contributed by atoms with E-state index in [1.54, 1.807) is 7.11 Å². The molecule has 1 nitrogen and oxygen atoms in total. The van der Waals surface area contributed by atoms with Crippen LogP contribution < -0.4 is 4.74 Å². The first-order valence-corrected chi connectivity index (χ1v) is 6.62. The smallest absolute Gasteiger partial charge is 0.122 e. The largest absolute Gasteiger partial charge is 0.496 e. The zero-order chi connectivity index (χ0) is 12.6. The van der Waals surface area contributed by atoms with Gasteiger partial charge in [-0.3, -0.25) is 0 Å². The summed E-state index contributed by atoms with van der Waals surface area (Å²) in [6.45, 7) is 11.1. The van der Waals surface area contributed by atoms with Crippen molar-refractivity contribution in [3.05, 3.63) is 29.3 Å². The lowest BCUT2D eigenvalue weighted by atomic mass is 9.84. The van der Waals surface area contributed by atoms with E-state index in [1.807, 2.05) is 0 Å². The minimum Gasteiger partial charge on any atom is -0.496 e. The molecule has 16 heavy (non-hydrogen) atoms. The van der Waals surface area contributed by atoms with Gasteiger partial charge in [0.25, 0.3) is 0 Å². The molecule has 1 aromatic carbocycles. The van der Waals surface area contributed by atoms with Gasteiger partial charge >= 0.3 is 0 Å². The van der Waals surface area contributed by atoms with E-state index in [1.165, 1.54) is 11.1 Å². The van der Waals surface area contributed by atoms with Crippen LogP contribution in [0.3, 0.4) is 0 Å². The summed E-state index contributed by atoms with van der Waals surface area (Å²) < 4.78 is 5.59. The van der Waals surface area contributed by atoms with Crippen LogP contribution in [0.15, 0.2) is 18.2 Å². The fraction of sp³-hybridized carbons (Fsp3) is 0.571. The lowest BCUT2D eigenvalue weighted by Gasteiger charge is -2.25. The molecule has 0 aliphatic heterocycles. The second-order valence-electron chi connectivity index (χ2n) is 5.64. The Balaban J connectivity index is 3.34. The molecule has 0 radical (unpaired) electrons. The van der Waals surface area contributed by atoms with E-state index in [0.29, 0.717) is 0 Å². The van der Waals surface area contributed by atoms with Crippen LogP contribution in [0.5, 0.6) is 5.75 Å². The van der Waals surface area contributed by atoms with E-state index in [0.717, 1.165) is 5.75 Å². The molecule has 0 saturated heterocycles. The first-order chi connectivity index (χ1) is 7.16. The number of benzene rings is 1. The van der Waals surface area contributed by atoms with Crippen molar-refractivity contribution in [2.24, 2.45) is 0 Å². The number of halogens is 1. The first-order valence-electron chi connectivity index (χ1n) is 5.54. The standard InChI is InChI=1S/C14H21IO/c1-13(2,3)11-9-10(14(4,5)15)7-8-12(11)16-6/h7-9H,1-6H3. The Morgan fingerprint density at radius 1 is 1.06 bits per heavy atom. The van der Waals surface area contributed by atoms with Gasteiger partial charge in [-0.2, -0.15) is 0 Å². The molecule has 0 heterocycles. The Bertz CT molecular complexity index is 369. The van der Waals surface area contributed by atoms with Crippen molar-refractivity contribution in [1.82, 2.24) is 0 Å². The molecule has 0 bridgehead atoms. The van der Waals surface area contributed by atoms with Crippen LogP contribution in [-0.2, 0) is 8.84 Å². The van der Waals surface area contributed by atoms with Crippen LogP contribution in [0.25, 0.3) is 0 Å². The highest BCUT2D eigenvalue weighted by atomic mass is 127. The Labute approximate surface area is 113 Å². The summed E-state index contributed by atoms with van der Waals surface area (Å²) in [5.74, 6) is 0.983. The van der Waals surface area contributed by atoms with E-state index in [2.05, 4.69) is 75.4 Å². The molecule has 0 saturated carbocycles. The summed E-state index contributed by atoms with van der Waals surface area (Å²) in [5, 5.41) is 0. The van der Waals surface area contributed by atoms with Crippen LogP contribution in [0, 0.1) is 0 Å². The van der Waals surface area contributed by atoms with Gasteiger partial charge in [-0.1, -0.05) is 55.5 Å². The van der Waals surface area contributed by atoms with E-state index >= 15 is 0 Å². The highest BCUT2D eigenvalue weighted by molar-refractivity contribution is 14.1. The number of methoxy groups -OCH3 is 1. The van der Waals surface area contributed by atoms with Crippen molar-refractivity contribution in [2.75, 3.05) is 7.11 Å². The monoisotopic (exact) mass is 332 g/mol. The molecule has 0 N–H and O–H groups in total. The van der Waals surface area contributed by atoms with E-state index in [4.69, 9.17) is 4.74 Å². The second-order valence-corrected chi connectivity index (χ2v) is 8.33. The van der Waals surface area contributed by atoms with Crippen LogP contribution >= 0.6 is 22.6 Å². The fourth-order valence-electron chi connectivity index (χ4n) is 1.66.